The predicted molar refractivity (Wildman–Crippen MR) is 97.1 cm³/mol. The molecule has 4 aromatic rings. The van der Waals surface area contributed by atoms with E-state index >= 15 is 0 Å². The molecule has 0 aliphatic rings. The average molecular weight is 328 g/mol. The van der Waals surface area contributed by atoms with E-state index in [-0.39, 0.29) is 5.78 Å². The summed E-state index contributed by atoms with van der Waals surface area (Å²) in [6.45, 7) is 0. The van der Waals surface area contributed by atoms with Crippen LogP contribution >= 0.6 is 0 Å². The van der Waals surface area contributed by atoms with Crippen molar-refractivity contribution in [2.75, 3.05) is 7.11 Å². The Morgan fingerprint density at radius 2 is 1.64 bits per heavy atom. The van der Waals surface area contributed by atoms with Crippen molar-refractivity contribution in [2.24, 2.45) is 0 Å². The topological polar surface area (TPSA) is 43.6 Å². The number of ether oxygens (including phenoxy) is 1. The van der Waals surface area contributed by atoms with Gasteiger partial charge in [0.05, 0.1) is 18.3 Å². The summed E-state index contributed by atoms with van der Waals surface area (Å²) < 4.78 is 7.00. The number of hydrogen-bond donors (Lipinski definition) is 0. The fraction of sp³-hybridized carbons (Fsp3) is 0.0476. The second kappa shape index (κ2) is 6.24. The van der Waals surface area contributed by atoms with Crippen molar-refractivity contribution < 1.29 is 9.53 Å². The Balaban J connectivity index is 1.86. The van der Waals surface area contributed by atoms with Gasteiger partial charge < -0.3 is 4.74 Å². The Labute approximate surface area is 145 Å². The summed E-state index contributed by atoms with van der Waals surface area (Å²) in [7, 11) is 1.60. The van der Waals surface area contributed by atoms with Gasteiger partial charge in [0.1, 0.15) is 5.75 Å². The molecule has 0 aliphatic carbocycles. The molecule has 2 heterocycles. The van der Waals surface area contributed by atoms with Crippen LogP contribution in [-0.2, 0) is 0 Å². The van der Waals surface area contributed by atoms with Crippen molar-refractivity contribution in [3.8, 4) is 17.0 Å². The van der Waals surface area contributed by atoms with Gasteiger partial charge in [-0.15, -0.1) is 0 Å². The average Bonchev–Trinajstić information content (AvgIpc) is 3.08. The summed E-state index contributed by atoms with van der Waals surface area (Å²) in [6.07, 6.45) is 1.87. The fourth-order valence-electron chi connectivity index (χ4n) is 2.88. The third-order valence-electron chi connectivity index (χ3n) is 4.15. The van der Waals surface area contributed by atoms with Crippen LogP contribution in [0.4, 0.5) is 0 Å². The standard InChI is InChI=1S/C21H16N2O2/c1-25-17-12-10-16(11-13-17)20(24)21-22-19(15-7-3-2-4-8-15)18-9-5-6-14-23(18)21/h2-14H,1H3. The molecule has 0 amide bonds. The Kier molecular flexibility index (Phi) is 3.78. The van der Waals surface area contributed by atoms with E-state index in [9.17, 15) is 4.79 Å². The van der Waals surface area contributed by atoms with Crippen LogP contribution in [0, 0.1) is 0 Å². The van der Waals surface area contributed by atoms with Crippen LogP contribution in [-0.4, -0.2) is 22.3 Å². The molecule has 4 nitrogen and oxygen atoms in total. The molecule has 0 atom stereocenters. The van der Waals surface area contributed by atoms with Gasteiger partial charge in [-0.3, -0.25) is 9.20 Å². The maximum atomic E-state index is 13.0. The van der Waals surface area contributed by atoms with E-state index in [4.69, 9.17) is 4.74 Å². The lowest BCUT2D eigenvalue weighted by Crippen LogP contribution is -2.06. The second-order valence-corrected chi connectivity index (χ2v) is 5.66. The van der Waals surface area contributed by atoms with E-state index in [0.29, 0.717) is 11.4 Å². The number of nitrogens with zero attached hydrogens (tertiary/aromatic N) is 2. The maximum absolute atomic E-state index is 13.0. The molecule has 25 heavy (non-hydrogen) atoms. The van der Waals surface area contributed by atoms with Gasteiger partial charge in [-0.2, -0.15) is 0 Å². The number of hydrogen-bond acceptors (Lipinski definition) is 3. The Bertz CT molecular complexity index is 1030. The molecule has 0 saturated heterocycles. The van der Waals surface area contributed by atoms with Crippen molar-refractivity contribution in [3.63, 3.8) is 0 Å². The highest BCUT2D eigenvalue weighted by Gasteiger charge is 2.19. The largest absolute Gasteiger partial charge is 0.497 e. The van der Waals surface area contributed by atoms with Crippen molar-refractivity contribution >= 4 is 11.3 Å². The zero-order valence-electron chi connectivity index (χ0n) is 13.7. The van der Waals surface area contributed by atoms with Gasteiger partial charge in [0.15, 0.2) is 5.82 Å². The minimum Gasteiger partial charge on any atom is -0.497 e. The lowest BCUT2D eigenvalue weighted by molar-refractivity contribution is 0.102. The molecule has 0 N–H and O–H groups in total. The SMILES string of the molecule is COc1ccc(C(=O)c2nc(-c3ccccc3)c3ccccn23)cc1. The Morgan fingerprint density at radius 1 is 0.920 bits per heavy atom. The van der Waals surface area contributed by atoms with Gasteiger partial charge in [-0.05, 0) is 36.4 Å². The van der Waals surface area contributed by atoms with Crippen molar-refractivity contribution in [2.45, 2.75) is 0 Å². The Hall–Kier alpha value is -3.40. The quantitative estimate of drug-likeness (QED) is 0.526. The summed E-state index contributed by atoms with van der Waals surface area (Å²) in [6, 6.07) is 22.8. The second-order valence-electron chi connectivity index (χ2n) is 5.66. The maximum Gasteiger partial charge on any atom is 0.228 e. The summed E-state index contributed by atoms with van der Waals surface area (Å²) >= 11 is 0. The summed E-state index contributed by atoms with van der Waals surface area (Å²) in [4.78, 5) is 17.6. The molecule has 0 spiro atoms. The molecule has 0 saturated carbocycles. The number of methoxy groups -OCH3 is 1. The van der Waals surface area contributed by atoms with Gasteiger partial charge in [0, 0.05) is 17.3 Å². The third kappa shape index (κ3) is 2.68. The zero-order valence-corrected chi connectivity index (χ0v) is 13.7. The van der Waals surface area contributed by atoms with Crippen LogP contribution in [0.25, 0.3) is 16.8 Å². The van der Waals surface area contributed by atoms with E-state index in [0.717, 1.165) is 22.5 Å². The Morgan fingerprint density at radius 3 is 2.36 bits per heavy atom. The minimum atomic E-state index is -0.119. The number of pyridine rings is 1. The van der Waals surface area contributed by atoms with Gasteiger partial charge >= 0.3 is 0 Å². The molecule has 0 unspecified atom stereocenters. The molecule has 0 radical (unpaired) electrons. The lowest BCUT2D eigenvalue weighted by Gasteiger charge is -2.02. The number of carbonyl (C=O) groups excluding carboxylic acids is 1. The van der Waals surface area contributed by atoms with Crippen LogP contribution in [0.3, 0.4) is 0 Å². The van der Waals surface area contributed by atoms with Gasteiger partial charge in [0.2, 0.25) is 5.78 Å². The fourth-order valence-corrected chi connectivity index (χ4v) is 2.88. The molecule has 4 heteroatoms. The summed E-state index contributed by atoms with van der Waals surface area (Å²) in [5.74, 6) is 1.00. The highest BCUT2D eigenvalue weighted by Crippen LogP contribution is 2.26. The smallest absolute Gasteiger partial charge is 0.228 e. The first-order valence-corrected chi connectivity index (χ1v) is 7.99. The van der Waals surface area contributed by atoms with Gasteiger partial charge in [-0.1, -0.05) is 36.4 Å². The first kappa shape index (κ1) is 15.1. The van der Waals surface area contributed by atoms with Crippen LogP contribution in [0.15, 0.2) is 79.0 Å². The summed E-state index contributed by atoms with van der Waals surface area (Å²) in [5, 5.41) is 0. The molecule has 4 rings (SSSR count). The van der Waals surface area contributed by atoms with E-state index in [1.807, 2.05) is 59.1 Å². The van der Waals surface area contributed by atoms with E-state index in [2.05, 4.69) is 4.98 Å². The van der Waals surface area contributed by atoms with E-state index < -0.39 is 0 Å². The summed E-state index contributed by atoms with van der Waals surface area (Å²) in [5.41, 5.74) is 3.28. The molecule has 0 fully saturated rings. The van der Waals surface area contributed by atoms with Crippen LogP contribution < -0.4 is 4.74 Å². The highest BCUT2D eigenvalue weighted by atomic mass is 16.5. The molecule has 0 bridgehead atoms. The monoisotopic (exact) mass is 328 g/mol. The van der Waals surface area contributed by atoms with E-state index in [1.54, 1.807) is 31.4 Å². The predicted octanol–water partition coefficient (Wildman–Crippen LogP) is 4.24. The third-order valence-corrected chi connectivity index (χ3v) is 4.15. The highest BCUT2D eigenvalue weighted by molar-refractivity contribution is 6.08. The minimum absolute atomic E-state index is 0.119. The molecule has 2 aromatic heterocycles. The lowest BCUT2D eigenvalue weighted by atomic mass is 10.1. The number of ketones is 1. The van der Waals surface area contributed by atoms with Crippen LogP contribution in [0.5, 0.6) is 5.75 Å². The van der Waals surface area contributed by atoms with Crippen LogP contribution in [0.1, 0.15) is 16.2 Å². The molecular formula is C21H16N2O2. The molecule has 0 aliphatic heterocycles. The number of aromatic nitrogens is 2. The van der Waals surface area contributed by atoms with E-state index in [1.165, 1.54) is 0 Å². The van der Waals surface area contributed by atoms with Crippen molar-refractivity contribution in [3.05, 3.63) is 90.4 Å². The number of imidazole rings is 1. The number of carbonyl (C=O) groups is 1. The number of benzene rings is 2. The van der Waals surface area contributed by atoms with Gasteiger partial charge in [0.25, 0.3) is 0 Å². The number of rotatable bonds is 4. The molecule has 2 aromatic carbocycles. The van der Waals surface area contributed by atoms with Crippen LogP contribution in [0.2, 0.25) is 0 Å². The first-order valence-electron chi connectivity index (χ1n) is 7.99. The zero-order chi connectivity index (χ0) is 17.2. The van der Waals surface area contributed by atoms with Gasteiger partial charge in [-0.25, -0.2) is 4.98 Å². The normalized spacial score (nSPS) is 10.8. The number of fused-ring (bicyclic) bond motifs is 1. The van der Waals surface area contributed by atoms with Crippen molar-refractivity contribution in [1.82, 2.24) is 9.38 Å². The van der Waals surface area contributed by atoms with Crippen molar-refractivity contribution in [1.29, 1.82) is 0 Å². The first-order chi connectivity index (χ1) is 12.3. The molecule has 122 valence electrons. The molecular weight excluding hydrogens is 312 g/mol.